The van der Waals surface area contributed by atoms with Crippen molar-refractivity contribution in [1.29, 1.82) is 0 Å². The van der Waals surface area contributed by atoms with Gasteiger partial charge in [0.1, 0.15) is 0 Å². The molecule has 1 unspecified atom stereocenters. The first-order valence-electron chi connectivity index (χ1n) is 6.21. The van der Waals surface area contributed by atoms with Gasteiger partial charge in [0.05, 0.1) is 17.3 Å². The monoisotopic (exact) mass is 419 g/mol. The smallest absolute Gasteiger partial charge is 0.359 e. The Hall–Kier alpha value is -0.790. The number of carbonyl (C=O) groups is 2. The summed E-state index contributed by atoms with van der Waals surface area (Å²) in [5.41, 5.74) is 0.407. The van der Waals surface area contributed by atoms with Crippen LogP contribution in [0.4, 0.5) is 10.5 Å². The van der Waals surface area contributed by atoms with Crippen LogP contribution in [-0.2, 0) is 9.53 Å². The third-order valence-electron chi connectivity index (χ3n) is 2.97. The Kier molecular flexibility index (Phi) is 5.33. The fourth-order valence-corrected chi connectivity index (χ4v) is 3.15. The van der Waals surface area contributed by atoms with Gasteiger partial charge in [0.15, 0.2) is 0 Å². The first-order valence-corrected chi connectivity index (χ1v) is 8.10. The van der Waals surface area contributed by atoms with Crippen molar-refractivity contribution in [3.8, 4) is 0 Å². The van der Waals surface area contributed by atoms with E-state index in [-0.39, 0.29) is 17.3 Å². The molecular weight excluding hydrogens is 411 g/mol. The number of hydrogen-bond donors (Lipinski definition) is 2. The lowest BCUT2D eigenvalue weighted by atomic mass is 10.1. The minimum atomic E-state index is -2.28. The molecule has 1 atom stereocenters. The molecule has 0 aliphatic carbocycles. The predicted octanol–water partition coefficient (Wildman–Crippen LogP) is 3.66. The number of urea groups is 1. The molecule has 2 rings (SSSR count). The summed E-state index contributed by atoms with van der Waals surface area (Å²) in [7, 11) is 0. The number of rotatable bonds is 3. The second kappa shape index (κ2) is 6.61. The maximum Gasteiger partial charge on any atom is 0.359 e. The zero-order chi connectivity index (χ0) is 17.4. The molecule has 1 heterocycles. The Morgan fingerprint density at radius 3 is 2.52 bits per heavy atom. The van der Waals surface area contributed by atoms with Gasteiger partial charge in [-0.15, -0.1) is 0 Å². The summed E-state index contributed by atoms with van der Waals surface area (Å²) >= 11 is 29.9. The van der Waals surface area contributed by atoms with Crippen LogP contribution in [-0.4, -0.2) is 28.1 Å². The van der Waals surface area contributed by atoms with E-state index in [1.54, 1.807) is 6.92 Å². The largest absolute Gasteiger partial charge is 0.463 e. The fourth-order valence-electron chi connectivity index (χ4n) is 2.03. The van der Waals surface area contributed by atoms with Gasteiger partial charge in [0.2, 0.25) is 3.79 Å². The topological polar surface area (TPSA) is 70.7 Å². The van der Waals surface area contributed by atoms with Crippen LogP contribution in [0.1, 0.15) is 6.92 Å². The molecule has 1 aliphatic rings. The van der Waals surface area contributed by atoms with Gasteiger partial charge in [-0.2, -0.15) is 0 Å². The number of ether oxygens (including phenoxy) is 1. The van der Waals surface area contributed by atoms with Crippen LogP contribution in [0.5, 0.6) is 0 Å². The first-order chi connectivity index (χ1) is 10.6. The highest BCUT2D eigenvalue weighted by Crippen LogP contribution is 2.45. The first kappa shape index (κ1) is 18.5. The van der Waals surface area contributed by atoms with Crippen molar-refractivity contribution in [3.63, 3.8) is 0 Å². The Morgan fingerprint density at radius 2 is 2.00 bits per heavy atom. The maximum absolute atomic E-state index is 12.5. The zero-order valence-electron chi connectivity index (χ0n) is 11.5. The molecule has 1 saturated heterocycles. The highest BCUT2D eigenvalue weighted by atomic mass is 35.6. The molecule has 1 aliphatic heterocycles. The summed E-state index contributed by atoms with van der Waals surface area (Å²) in [6.45, 7) is 1.59. The lowest BCUT2D eigenvalue weighted by molar-refractivity contribution is -0.150. The summed E-state index contributed by atoms with van der Waals surface area (Å²) < 4.78 is 2.69. The average Bonchev–Trinajstić information content (AvgIpc) is 2.77. The van der Waals surface area contributed by atoms with Gasteiger partial charge in [-0.3, -0.25) is 5.32 Å². The molecule has 2 N–H and O–H groups in total. The van der Waals surface area contributed by atoms with E-state index in [0.717, 1.165) is 5.01 Å². The fraction of sp³-hybridized carbons (Fsp3) is 0.333. The third-order valence-corrected chi connectivity index (χ3v) is 4.33. The summed E-state index contributed by atoms with van der Waals surface area (Å²) in [4.78, 5) is 24.3. The van der Waals surface area contributed by atoms with Crippen molar-refractivity contribution in [3.05, 3.63) is 28.2 Å². The van der Waals surface area contributed by atoms with E-state index in [0.29, 0.717) is 5.02 Å². The maximum atomic E-state index is 12.5. The second-order valence-electron chi connectivity index (χ2n) is 4.43. The molecule has 1 fully saturated rings. The number of nitrogens with zero attached hydrogens (tertiary/aromatic N) is 1. The number of anilines is 1. The molecule has 11 heteroatoms. The van der Waals surface area contributed by atoms with E-state index in [1.165, 1.54) is 18.2 Å². The number of alkyl halides is 3. The zero-order valence-corrected chi connectivity index (χ0v) is 15.3. The van der Waals surface area contributed by atoms with Crippen molar-refractivity contribution in [1.82, 2.24) is 10.7 Å². The number of esters is 1. The molecule has 23 heavy (non-hydrogen) atoms. The third kappa shape index (κ3) is 3.23. The highest BCUT2D eigenvalue weighted by Gasteiger charge is 2.65. The summed E-state index contributed by atoms with van der Waals surface area (Å²) in [5.74, 6) is -0.968. The number of halogens is 5. The standard InChI is InChI=1S/C12H10Cl5N3O3/c1-2-23-9(21)11(12(15,16)17)18-10(22)19-20(11)8-4-3-6(13)5-7(8)14/h3-5H,2H2,1H3,(H2,18,19,22). The predicted molar refractivity (Wildman–Crippen MR) is 90.3 cm³/mol. The van der Waals surface area contributed by atoms with Crippen molar-refractivity contribution in [2.75, 3.05) is 11.6 Å². The Labute approximate surface area is 156 Å². The normalized spacial score (nSPS) is 21.0. The van der Waals surface area contributed by atoms with Crippen molar-refractivity contribution >= 4 is 75.7 Å². The van der Waals surface area contributed by atoms with Crippen molar-refractivity contribution in [2.45, 2.75) is 16.4 Å². The number of amides is 2. The molecule has 0 bridgehead atoms. The Bertz CT molecular complexity index is 651. The van der Waals surface area contributed by atoms with Crippen LogP contribution >= 0.6 is 58.0 Å². The lowest BCUT2D eigenvalue weighted by Gasteiger charge is -2.39. The Balaban J connectivity index is 2.63. The number of hydrogen-bond acceptors (Lipinski definition) is 4. The van der Waals surface area contributed by atoms with Gasteiger partial charge in [-0.1, -0.05) is 58.0 Å². The van der Waals surface area contributed by atoms with Gasteiger partial charge in [0, 0.05) is 5.02 Å². The number of benzene rings is 1. The molecule has 0 radical (unpaired) electrons. The van der Waals surface area contributed by atoms with E-state index < -0.39 is 21.5 Å². The number of carbonyl (C=O) groups excluding carboxylic acids is 2. The second-order valence-corrected chi connectivity index (χ2v) is 7.55. The van der Waals surface area contributed by atoms with Gasteiger partial charge in [-0.05, 0) is 25.1 Å². The molecule has 1 aromatic rings. The van der Waals surface area contributed by atoms with Crippen LogP contribution in [0.25, 0.3) is 0 Å². The molecular formula is C12H10Cl5N3O3. The molecule has 0 saturated carbocycles. The van der Waals surface area contributed by atoms with Gasteiger partial charge in [-0.25, -0.2) is 20.0 Å². The van der Waals surface area contributed by atoms with Crippen LogP contribution in [0.15, 0.2) is 18.2 Å². The van der Waals surface area contributed by atoms with E-state index >= 15 is 0 Å². The van der Waals surface area contributed by atoms with Gasteiger partial charge in [0.25, 0.3) is 5.66 Å². The van der Waals surface area contributed by atoms with Crippen molar-refractivity contribution < 1.29 is 14.3 Å². The average molecular weight is 421 g/mol. The number of nitrogens with one attached hydrogen (secondary N) is 2. The van der Waals surface area contributed by atoms with E-state index in [9.17, 15) is 9.59 Å². The summed E-state index contributed by atoms with van der Waals surface area (Å²) in [5, 5.41) is 3.79. The summed E-state index contributed by atoms with van der Waals surface area (Å²) in [6, 6.07) is 3.61. The van der Waals surface area contributed by atoms with Gasteiger partial charge < -0.3 is 4.74 Å². The van der Waals surface area contributed by atoms with Crippen LogP contribution in [0, 0.1) is 0 Å². The van der Waals surface area contributed by atoms with Crippen LogP contribution < -0.4 is 15.8 Å². The molecule has 0 aromatic heterocycles. The molecule has 0 spiro atoms. The van der Waals surface area contributed by atoms with Crippen molar-refractivity contribution in [2.24, 2.45) is 0 Å². The quantitative estimate of drug-likeness (QED) is 0.577. The number of hydrazine groups is 1. The van der Waals surface area contributed by atoms with Gasteiger partial charge >= 0.3 is 12.0 Å². The van der Waals surface area contributed by atoms with Crippen LogP contribution in [0.2, 0.25) is 10.0 Å². The molecule has 6 nitrogen and oxygen atoms in total. The highest BCUT2D eigenvalue weighted by molar-refractivity contribution is 6.69. The SMILES string of the molecule is CCOC(=O)C1(C(Cl)(Cl)Cl)NC(=O)NN1c1ccc(Cl)cc1Cl. The Morgan fingerprint density at radius 1 is 1.35 bits per heavy atom. The molecule has 126 valence electrons. The van der Waals surface area contributed by atoms with E-state index in [4.69, 9.17) is 62.7 Å². The van der Waals surface area contributed by atoms with E-state index in [2.05, 4.69) is 10.7 Å². The lowest BCUT2D eigenvalue weighted by Crippen LogP contribution is -2.68. The minimum Gasteiger partial charge on any atom is -0.463 e. The van der Waals surface area contributed by atoms with E-state index in [1.807, 2.05) is 0 Å². The molecule has 2 amide bonds. The summed E-state index contributed by atoms with van der Waals surface area (Å²) in [6.07, 6.45) is 0. The molecule has 1 aromatic carbocycles. The van der Waals surface area contributed by atoms with Crippen LogP contribution in [0.3, 0.4) is 0 Å². The minimum absolute atomic E-state index is 0.0133.